The Labute approximate surface area is 83.7 Å². The lowest BCUT2D eigenvalue weighted by Gasteiger charge is -2.05. The predicted molar refractivity (Wildman–Crippen MR) is 58.1 cm³/mol. The highest BCUT2D eigenvalue weighted by atomic mass is 32.1. The SMILES string of the molecule is CCCOc1cccc(C(N)=S)c1. The second kappa shape index (κ2) is 4.82. The molecule has 13 heavy (non-hydrogen) atoms. The van der Waals surface area contributed by atoms with Gasteiger partial charge in [-0.1, -0.05) is 31.3 Å². The molecule has 0 saturated carbocycles. The van der Waals surface area contributed by atoms with Crippen LogP contribution in [0, 0.1) is 0 Å². The predicted octanol–water partition coefficient (Wildman–Crippen LogP) is 2.11. The molecule has 0 atom stereocenters. The Morgan fingerprint density at radius 1 is 1.54 bits per heavy atom. The average Bonchev–Trinajstić information content (AvgIpc) is 2.15. The van der Waals surface area contributed by atoms with Crippen molar-refractivity contribution in [3.8, 4) is 5.75 Å². The first-order valence-electron chi connectivity index (χ1n) is 4.26. The average molecular weight is 195 g/mol. The number of nitrogens with two attached hydrogens (primary N) is 1. The van der Waals surface area contributed by atoms with Crippen LogP contribution < -0.4 is 10.5 Å². The maximum atomic E-state index is 5.49. The fourth-order valence-electron chi connectivity index (χ4n) is 0.959. The molecule has 0 amide bonds. The van der Waals surface area contributed by atoms with E-state index in [0.29, 0.717) is 4.99 Å². The van der Waals surface area contributed by atoms with Crippen molar-refractivity contribution in [3.05, 3.63) is 29.8 Å². The number of ether oxygens (including phenoxy) is 1. The van der Waals surface area contributed by atoms with E-state index in [9.17, 15) is 0 Å². The Balaban J connectivity index is 2.73. The zero-order chi connectivity index (χ0) is 9.68. The summed E-state index contributed by atoms with van der Waals surface area (Å²) < 4.78 is 5.43. The third-order valence-corrected chi connectivity index (χ3v) is 1.83. The molecule has 70 valence electrons. The molecule has 2 nitrogen and oxygen atoms in total. The minimum atomic E-state index is 0.405. The van der Waals surface area contributed by atoms with Crippen molar-refractivity contribution in [3.63, 3.8) is 0 Å². The summed E-state index contributed by atoms with van der Waals surface area (Å²) in [7, 11) is 0. The standard InChI is InChI=1S/C10H13NOS/c1-2-6-12-9-5-3-4-8(7-9)10(11)13/h3-5,7H,2,6H2,1H3,(H2,11,13). The first kappa shape index (κ1) is 9.99. The highest BCUT2D eigenvalue weighted by Crippen LogP contribution is 2.13. The molecule has 3 heteroatoms. The molecule has 0 bridgehead atoms. The van der Waals surface area contributed by atoms with Crippen LogP contribution in [0.15, 0.2) is 24.3 Å². The molecule has 2 N–H and O–H groups in total. The highest BCUT2D eigenvalue weighted by molar-refractivity contribution is 7.80. The minimum absolute atomic E-state index is 0.405. The lowest BCUT2D eigenvalue weighted by atomic mass is 10.2. The van der Waals surface area contributed by atoms with E-state index >= 15 is 0 Å². The van der Waals surface area contributed by atoms with E-state index in [1.807, 2.05) is 24.3 Å². The summed E-state index contributed by atoms with van der Waals surface area (Å²) in [6.07, 6.45) is 0.997. The largest absolute Gasteiger partial charge is 0.494 e. The first-order valence-corrected chi connectivity index (χ1v) is 4.67. The van der Waals surface area contributed by atoms with Crippen LogP contribution in [0.4, 0.5) is 0 Å². The Bertz CT molecular complexity index is 299. The molecule has 1 aromatic rings. The van der Waals surface area contributed by atoms with Gasteiger partial charge in [-0.2, -0.15) is 0 Å². The normalized spacial score (nSPS) is 9.62. The lowest BCUT2D eigenvalue weighted by Crippen LogP contribution is -2.09. The van der Waals surface area contributed by atoms with Gasteiger partial charge >= 0.3 is 0 Å². The van der Waals surface area contributed by atoms with Crippen molar-refractivity contribution in [2.45, 2.75) is 13.3 Å². The molecule has 0 spiro atoms. The third kappa shape index (κ3) is 3.03. The van der Waals surface area contributed by atoms with Crippen LogP contribution in [0.2, 0.25) is 0 Å². The van der Waals surface area contributed by atoms with E-state index in [1.54, 1.807) is 0 Å². The maximum Gasteiger partial charge on any atom is 0.119 e. The second-order valence-electron chi connectivity index (χ2n) is 2.74. The molecule has 0 saturated heterocycles. The van der Waals surface area contributed by atoms with Gasteiger partial charge in [-0.3, -0.25) is 0 Å². The highest BCUT2D eigenvalue weighted by Gasteiger charge is 1.97. The van der Waals surface area contributed by atoms with Crippen LogP contribution in [-0.2, 0) is 0 Å². The van der Waals surface area contributed by atoms with Crippen molar-refractivity contribution in [1.82, 2.24) is 0 Å². The topological polar surface area (TPSA) is 35.2 Å². The van der Waals surface area contributed by atoms with Crippen LogP contribution in [0.3, 0.4) is 0 Å². The molecule has 0 heterocycles. The summed E-state index contributed by atoms with van der Waals surface area (Å²) in [5, 5.41) is 0. The fourth-order valence-corrected chi connectivity index (χ4v) is 1.09. The minimum Gasteiger partial charge on any atom is -0.494 e. The first-order chi connectivity index (χ1) is 6.24. The molecule has 0 aliphatic rings. The zero-order valence-corrected chi connectivity index (χ0v) is 8.43. The van der Waals surface area contributed by atoms with E-state index in [1.165, 1.54) is 0 Å². The molecular formula is C10H13NOS. The van der Waals surface area contributed by atoms with Gasteiger partial charge < -0.3 is 10.5 Å². The Morgan fingerprint density at radius 3 is 2.92 bits per heavy atom. The van der Waals surface area contributed by atoms with Gasteiger partial charge in [0.05, 0.1) is 6.61 Å². The van der Waals surface area contributed by atoms with E-state index in [2.05, 4.69) is 6.92 Å². The summed E-state index contributed by atoms with van der Waals surface area (Å²) in [5.74, 6) is 0.826. The van der Waals surface area contributed by atoms with Crippen molar-refractivity contribution >= 4 is 17.2 Å². The molecule has 0 aliphatic heterocycles. The number of hydrogen-bond acceptors (Lipinski definition) is 2. The molecule has 0 unspecified atom stereocenters. The van der Waals surface area contributed by atoms with E-state index in [4.69, 9.17) is 22.7 Å². The van der Waals surface area contributed by atoms with Gasteiger partial charge in [-0.25, -0.2) is 0 Å². The van der Waals surface area contributed by atoms with E-state index in [0.717, 1.165) is 24.3 Å². The monoisotopic (exact) mass is 195 g/mol. The third-order valence-electron chi connectivity index (χ3n) is 1.59. The molecule has 0 fully saturated rings. The molecular weight excluding hydrogens is 182 g/mol. The summed E-state index contributed by atoms with van der Waals surface area (Å²) in [6, 6.07) is 7.52. The van der Waals surface area contributed by atoms with Gasteiger partial charge in [0.25, 0.3) is 0 Å². The van der Waals surface area contributed by atoms with Crippen LogP contribution in [0.5, 0.6) is 5.75 Å². The molecule has 0 aliphatic carbocycles. The van der Waals surface area contributed by atoms with Crippen molar-refractivity contribution in [2.75, 3.05) is 6.61 Å². The zero-order valence-electron chi connectivity index (χ0n) is 7.62. The van der Waals surface area contributed by atoms with Gasteiger partial charge in [0.15, 0.2) is 0 Å². The smallest absolute Gasteiger partial charge is 0.119 e. The quantitative estimate of drug-likeness (QED) is 0.747. The number of benzene rings is 1. The van der Waals surface area contributed by atoms with Crippen LogP contribution in [0.25, 0.3) is 0 Å². The maximum absolute atomic E-state index is 5.49. The van der Waals surface area contributed by atoms with Crippen LogP contribution in [0.1, 0.15) is 18.9 Å². The van der Waals surface area contributed by atoms with Crippen molar-refractivity contribution < 1.29 is 4.74 Å². The summed E-state index contributed by atoms with van der Waals surface area (Å²) in [6.45, 7) is 2.79. The molecule has 1 rings (SSSR count). The van der Waals surface area contributed by atoms with Gasteiger partial charge in [0.1, 0.15) is 10.7 Å². The van der Waals surface area contributed by atoms with E-state index < -0.39 is 0 Å². The molecule has 0 aromatic heterocycles. The number of hydrogen-bond donors (Lipinski definition) is 1. The van der Waals surface area contributed by atoms with Crippen molar-refractivity contribution in [2.24, 2.45) is 5.73 Å². The Kier molecular flexibility index (Phi) is 3.71. The summed E-state index contributed by atoms with van der Waals surface area (Å²) in [5.41, 5.74) is 6.34. The summed E-state index contributed by atoms with van der Waals surface area (Å²) in [4.78, 5) is 0.405. The van der Waals surface area contributed by atoms with Gasteiger partial charge in [-0.05, 0) is 18.6 Å². The Hall–Kier alpha value is -1.09. The number of rotatable bonds is 4. The van der Waals surface area contributed by atoms with E-state index in [-0.39, 0.29) is 0 Å². The lowest BCUT2D eigenvalue weighted by molar-refractivity contribution is 0.317. The van der Waals surface area contributed by atoms with Gasteiger partial charge in [0, 0.05) is 5.56 Å². The van der Waals surface area contributed by atoms with Gasteiger partial charge in [-0.15, -0.1) is 0 Å². The second-order valence-corrected chi connectivity index (χ2v) is 3.18. The van der Waals surface area contributed by atoms with Crippen LogP contribution in [-0.4, -0.2) is 11.6 Å². The molecule has 0 radical (unpaired) electrons. The Morgan fingerprint density at radius 2 is 2.31 bits per heavy atom. The summed E-state index contributed by atoms with van der Waals surface area (Å²) >= 11 is 4.86. The van der Waals surface area contributed by atoms with Crippen molar-refractivity contribution in [1.29, 1.82) is 0 Å². The molecule has 1 aromatic carbocycles. The van der Waals surface area contributed by atoms with Crippen LogP contribution >= 0.6 is 12.2 Å². The fraction of sp³-hybridized carbons (Fsp3) is 0.300. The number of thiocarbonyl (C=S) groups is 1. The van der Waals surface area contributed by atoms with Gasteiger partial charge in [0.2, 0.25) is 0 Å².